The van der Waals surface area contributed by atoms with Gasteiger partial charge in [0, 0.05) is 65.7 Å². The van der Waals surface area contributed by atoms with Crippen molar-refractivity contribution in [2.75, 3.05) is 31.9 Å². The van der Waals surface area contributed by atoms with Crippen molar-refractivity contribution >= 4 is 40.8 Å². The van der Waals surface area contributed by atoms with Crippen LogP contribution in [0.1, 0.15) is 36.8 Å². The Morgan fingerprint density at radius 1 is 1.03 bits per heavy atom. The highest BCUT2D eigenvalue weighted by atomic mass is 35.5. The maximum absolute atomic E-state index is 13.1. The highest BCUT2D eigenvalue weighted by Crippen LogP contribution is 2.29. The second-order valence-corrected chi connectivity index (χ2v) is 9.48. The molecular formula is C23H28Cl2N6O. The van der Waals surface area contributed by atoms with E-state index in [9.17, 15) is 4.79 Å². The Kier molecular flexibility index (Phi) is 7.28. The van der Waals surface area contributed by atoms with E-state index >= 15 is 0 Å². The number of likely N-dealkylation sites (tertiary alicyclic amines) is 2. The van der Waals surface area contributed by atoms with Gasteiger partial charge in [-0.05, 0) is 50.9 Å². The number of halogens is 2. The number of nitrogens with zero attached hydrogens (tertiary/aromatic N) is 4. The first-order valence-corrected chi connectivity index (χ1v) is 11.8. The predicted molar refractivity (Wildman–Crippen MR) is 127 cm³/mol. The van der Waals surface area contributed by atoms with Gasteiger partial charge >= 0.3 is 0 Å². The van der Waals surface area contributed by atoms with Gasteiger partial charge in [0.25, 0.3) is 0 Å². The summed E-state index contributed by atoms with van der Waals surface area (Å²) in [5.74, 6) is 0.737. The molecule has 0 spiro atoms. The van der Waals surface area contributed by atoms with Crippen LogP contribution in [0.4, 0.5) is 5.95 Å². The number of amides is 1. The third-order valence-corrected chi connectivity index (χ3v) is 7.05. The molecule has 9 heteroatoms. The molecule has 2 aromatic rings. The fourth-order valence-corrected chi connectivity index (χ4v) is 5.13. The second-order valence-electron chi connectivity index (χ2n) is 8.64. The van der Waals surface area contributed by atoms with Crippen LogP contribution < -0.4 is 5.73 Å². The molecule has 4 rings (SSSR count). The van der Waals surface area contributed by atoms with Crippen molar-refractivity contribution in [1.29, 1.82) is 5.41 Å². The van der Waals surface area contributed by atoms with Crippen molar-refractivity contribution in [1.82, 2.24) is 19.8 Å². The summed E-state index contributed by atoms with van der Waals surface area (Å²) in [6.07, 6.45) is 6.84. The summed E-state index contributed by atoms with van der Waals surface area (Å²) in [6, 6.07) is 5.26. The van der Waals surface area contributed by atoms with Gasteiger partial charge in [0.15, 0.2) is 0 Å². The fourth-order valence-electron chi connectivity index (χ4n) is 4.62. The van der Waals surface area contributed by atoms with Crippen LogP contribution >= 0.6 is 23.2 Å². The molecule has 1 amide bonds. The van der Waals surface area contributed by atoms with E-state index in [2.05, 4.69) is 14.9 Å². The molecule has 3 heterocycles. The molecule has 0 saturated carbocycles. The molecule has 0 atom stereocenters. The Labute approximate surface area is 198 Å². The summed E-state index contributed by atoms with van der Waals surface area (Å²) < 4.78 is 0. The zero-order chi connectivity index (χ0) is 22.7. The molecule has 2 saturated heterocycles. The number of carbonyl (C=O) groups is 1. The second kappa shape index (κ2) is 10.1. The number of hydrogen-bond acceptors (Lipinski definition) is 6. The summed E-state index contributed by atoms with van der Waals surface area (Å²) in [4.78, 5) is 25.5. The lowest BCUT2D eigenvalue weighted by molar-refractivity contribution is -0.138. The molecule has 2 fully saturated rings. The third kappa shape index (κ3) is 5.39. The van der Waals surface area contributed by atoms with Crippen LogP contribution in [0.15, 0.2) is 30.6 Å². The Morgan fingerprint density at radius 3 is 2.28 bits per heavy atom. The number of piperidine rings is 2. The SMILES string of the molecule is N=C(c1ccc(Cl)cc1Cl)C1CCN(C(=O)C2CCN(Cc3cnc(N)nc3)CC2)CC1. The zero-order valence-corrected chi connectivity index (χ0v) is 19.4. The van der Waals surface area contributed by atoms with Crippen LogP contribution in [0, 0.1) is 17.2 Å². The summed E-state index contributed by atoms with van der Waals surface area (Å²) >= 11 is 12.3. The maximum Gasteiger partial charge on any atom is 0.225 e. The van der Waals surface area contributed by atoms with Gasteiger partial charge in [-0.25, -0.2) is 9.97 Å². The number of nitrogen functional groups attached to an aromatic ring is 1. The molecule has 0 unspecified atom stereocenters. The molecule has 0 aliphatic carbocycles. The molecule has 170 valence electrons. The lowest BCUT2D eigenvalue weighted by Gasteiger charge is -2.37. The van der Waals surface area contributed by atoms with Crippen molar-refractivity contribution in [3.05, 3.63) is 51.8 Å². The number of carbonyl (C=O) groups excluding carboxylic acids is 1. The molecule has 2 aliphatic heterocycles. The van der Waals surface area contributed by atoms with Crippen molar-refractivity contribution in [3.8, 4) is 0 Å². The molecule has 1 aromatic carbocycles. The lowest BCUT2D eigenvalue weighted by Crippen LogP contribution is -2.46. The minimum atomic E-state index is 0.0793. The average Bonchev–Trinajstić information content (AvgIpc) is 2.80. The predicted octanol–water partition coefficient (Wildman–Crippen LogP) is 3.88. The van der Waals surface area contributed by atoms with E-state index < -0.39 is 0 Å². The summed E-state index contributed by atoms with van der Waals surface area (Å²) in [5, 5.41) is 9.66. The summed E-state index contributed by atoms with van der Waals surface area (Å²) in [6.45, 7) is 3.94. The highest BCUT2D eigenvalue weighted by Gasteiger charge is 2.32. The number of aromatic nitrogens is 2. The van der Waals surface area contributed by atoms with Gasteiger partial charge in [-0.1, -0.05) is 29.3 Å². The van der Waals surface area contributed by atoms with Crippen LogP contribution in [0.25, 0.3) is 0 Å². The Bertz CT molecular complexity index is 967. The standard InChI is InChI=1S/C23H28Cl2N6O/c24-18-1-2-19(20(25)11-18)21(26)16-5-9-31(10-6-16)22(32)17-3-7-30(8-4-17)14-15-12-28-23(27)29-13-15/h1-2,11-13,16-17,26H,3-10,14H2,(H2,27,28,29). The highest BCUT2D eigenvalue weighted by molar-refractivity contribution is 6.37. The van der Waals surface area contributed by atoms with E-state index in [1.54, 1.807) is 24.5 Å². The Morgan fingerprint density at radius 2 is 1.66 bits per heavy atom. The molecule has 2 aliphatic rings. The number of hydrogen-bond donors (Lipinski definition) is 2. The van der Waals surface area contributed by atoms with Crippen LogP contribution in [0.2, 0.25) is 10.0 Å². The largest absolute Gasteiger partial charge is 0.368 e. The average molecular weight is 475 g/mol. The maximum atomic E-state index is 13.1. The van der Waals surface area contributed by atoms with Gasteiger partial charge < -0.3 is 16.0 Å². The monoisotopic (exact) mass is 474 g/mol. The van der Waals surface area contributed by atoms with Crippen molar-refractivity contribution in [2.45, 2.75) is 32.2 Å². The number of nitrogens with two attached hydrogens (primary N) is 1. The molecular weight excluding hydrogens is 447 g/mol. The minimum Gasteiger partial charge on any atom is -0.368 e. The molecule has 0 radical (unpaired) electrons. The van der Waals surface area contributed by atoms with Crippen molar-refractivity contribution in [3.63, 3.8) is 0 Å². The first-order valence-electron chi connectivity index (χ1n) is 11.0. The van der Waals surface area contributed by atoms with Gasteiger partial charge in [-0.3, -0.25) is 9.69 Å². The normalized spacial score (nSPS) is 18.6. The smallest absolute Gasteiger partial charge is 0.225 e. The van der Waals surface area contributed by atoms with Crippen LogP contribution in [0.5, 0.6) is 0 Å². The Hall–Kier alpha value is -2.22. The summed E-state index contributed by atoms with van der Waals surface area (Å²) in [5.41, 5.74) is 7.86. The first kappa shape index (κ1) is 23.0. The molecule has 0 bridgehead atoms. The van der Waals surface area contributed by atoms with Crippen LogP contribution in [0.3, 0.4) is 0 Å². The van der Waals surface area contributed by atoms with E-state index in [-0.39, 0.29) is 23.7 Å². The van der Waals surface area contributed by atoms with Crippen LogP contribution in [-0.4, -0.2) is 57.6 Å². The topological polar surface area (TPSA) is 99.2 Å². The molecule has 3 N–H and O–H groups in total. The Balaban J connectivity index is 1.25. The number of nitrogens with one attached hydrogen (secondary N) is 1. The van der Waals surface area contributed by atoms with Gasteiger partial charge in [0.05, 0.1) is 5.02 Å². The van der Waals surface area contributed by atoms with E-state index in [1.807, 2.05) is 11.0 Å². The fraction of sp³-hybridized carbons (Fsp3) is 0.478. The zero-order valence-electron chi connectivity index (χ0n) is 17.9. The van der Waals surface area contributed by atoms with Gasteiger partial charge in [0.1, 0.15) is 0 Å². The van der Waals surface area contributed by atoms with Gasteiger partial charge in [-0.15, -0.1) is 0 Å². The third-order valence-electron chi connectivity index (χ3n) is 6.50. The minimum absolute atomic E-state index is 0.0793. The number of rotatable bonds is 5. The number of benzene rings is 1. The van der Waals surface area contributed by atoms with E-state index in [0.717, 1.165) is 56.4 Å². The van der Waals surface area contributed by atoms with E-state index in [1.165, 1.54) is 0 Å². The van der Waals surface area contributed by atoms with Crippen molar-refractivity contribution in [2.24, 2.45) is 11.8 Å². The van der Waals surface area contributed by atoms with Crippen LogP contribution in [-0.2, 0) is 11.3 Å². The lowest BCUT2D eigenvalue weighted by atomic mass is 9.87. The van der Waals surface area contributed by atoms with E-state index in [0.29, 0.717) is 28.8 Å². The summed E-state index contributed by atoms with van der Waals surface area (Å²) in [7, 11) is 0. The molecule has 7 nitrogen and oxygen atoms in total. The van der Waals surface area contributed by atoms with Crippen molar-refractivity contribution < 1.29 is 4.79 Å². The number of anilines is 1. The van der Waals surface area contributed by atoms with E-state index in [4.69, 9.17) is 34.3 Å². The first-order chi connectivity index (χ1) is 15.4. The van der Waals surface area contributed by atoms with Gasteiger partial charge in [0.2, 0.25) is 11.9 Å². The van der Waals surface area contributed by atoms with Gasteiger partial charge in [-0.2, -0.15) is 0 Å². The quantitative estimate of drug-likeness (QED) is 0.640. The molecule has 1 aromatic heterocycles. The molecule has 32 heavy (non-hydrogen) atoms.